The molecule has 1 heterocycles. The number of rotatable bonds is 1. The summed E-state index contributed by atoms with van der Waals surface area (Å²) in [6.45, 7) is 6.94. The van der Waals surface area contributed by atoms with Crippen molar-refractivity contribution in [2.45, 2.75) is 82.6 Å². The molecule has 30 heavy (non-hydrogen) atoms. The summed E-state index contributed by atoms with van der Waals surface area (Å²) in [5.74, 6) is -3.24. The van der Waals surface area contributed by atoms with Gasteiger partial charge in [-0.25, -0.2) is 9.18 Å². The zero-order valence-corrected chi connectivity index (χ0v) is 17.8. The van der Waals surface area contributed by atoms with Gasteiger partial charge in [-0.05, 0) is 64.5 Å². The molecule has 5 aliphatic rings. The molecule has 2 N–H and O–H groups in total. The monoisotopic (exact) mass is 420 g/mol. The highest BCUT2D eigenvalue weighted by Gasteiger charge is 2.80. The van der Waals surface area contributed by atoms with Crippen molar-refractivity contribution >= 4 is 11.8 Å². The number of aliphatic hydroxyl groups excluding tert-OH is 1. The second-order valence-electron chi connectivity index (χ2n) is 10.6. The van der Waals surface area contributed by atoms with Crippen molar-refractivity contribution in [1.29, 1.82) is 0 Å². The zero-order chi connectivity index (χ0) is 21.9. The number of hydrogen-bond acceptors (Lipinski definition) is 5. The summed E-state index contributed by atoms with van der Waals surface area (Å²) >= 11 is 0. The topological polar surface area (TPSA) is 93.1 Å². The van der Waals surface area contributed by atoms with E-state index in [0.29, 0.717) is 24.8 Å². The van der Waals surface area contributed by atoms with Crippen LogP contribution in [0.5, 0.6) is 0 Å². The number of aliphatic carboxylic acids is 1. The van der Waals surface area contributed by atoms with Gasteiger partial charge >= 0.3 is 5.97 Å². The van der Waals surface area contributed by atoms with E-state index in [9.17, 15) is 19.8 Å². The zero-order valence-electron chi connectivity index (χ0n) is 17.8. The third-order valence-corrected chi connectivity index (χ3v) is 8.95. The molecule has 0 bridgehead atoms. The molecule has 4 fully saturated rings. The van der Waals surface area contributed by atoms with E-state index >= 15 is 4.39 Å². The lowest BCUT2D eigenvalue weighted by atomic mass is 9.45. The number of aliphatic hydroxyl groups is 1. The number of halogens is 1. The lowest BCUT2D eigenvalue weighted by molar-refractivity contribution is -0.251. The van der Waals surface area contributed by atoms with Gasteiger partial charge in [0.15, 0.2) is 22.8 Å². The Kier molecular flexibility index (Phi) is 3.81. The number of carboxylic acid groups (broad SMARTS) is 1. The highest BCUT2D eigenvalue weighted by molar-refractivity contribution is 6.01. The third-order valence-electron chi connectivity index (χ3n) is 8.95. The number of fused-ring (bicyclic) bond motifs is 7. The van der Waals surface area contributed by atoms with Gasteiger partial charge in [0, 0.05) is 16.7 Å². The minimum Gasteiger partial charge on any atom is -0.479 e. The van der Waals surface area contributed by atoms with Gasteiger partial charge in [-0.3, -0.25) is 4.79 Å². The summed E-state index contributed by atoms with van der Waals surface area (Å²) in [6.07, 6.45) is 3.69. The van der Waals surface area contributed by atoms with Gasteiger partial charge in [0.2, 0.25) is 0 Å². The largest absolute Gasteiger partial charge is 0.479 e. The van der Waals surface area contributed by atoms with Crippen molar-refractivity contribution in [3.05, 3.63) is 23.8 Å². The normalized spacial score (nSPS) is 53.4. The molecule has 0 aromatic carbocycles. The quantitative estimate of drug-likeness (QED) is 0.678. The number of alkyl halides is 1. The second kappa shape index (κ2) is 5.61. The molecule has 6 nitrogen and oxygen atoms in total. The minimum atomic E-state index is -1.99. The van der Waals surface area contributed by atoms with E-state index in [-0.39, 0.29) is 18.1 Å². The van der Waals surface area contributed by atoms with Crippen LogP contribution in [0.1, 0.15) is 53.4 Å². The van der Waals surface area contributed by atoms with Crippen LogP contribution in [0.3, 0.4) is 0 Å². The van der Waals surface area contributed by atoms with Gasteiger partial charge in [-0.2, -0.15) is 0 Å². The molecule has 164 valence electrons. The summed E-state index contributed by atoms with van der Waals surface area (Å²) < 4.78 is 29.1. The number of carbonyl (C=O) groups excluding carboxylic acids is 1. The first-order valence-electron chi connectivity index (χ1n) is 10.7. The van der Waals surface area contributed by atoms with Gasteiger partial charge in [0.1, 0.15) is 6.10 Å². The van der Waals surface area contributed by atoms with E-state index in [1.54, 1.807) is 26.8 Å². The first-order chi connectivity index (χ1) is 13.8. The van der Waals surface area contributed by atoms with E-state index in [1.165, 1.54) is 12.2 Å². The average Bonchev–Trinajstić information content (AvgIpc) is 3.04. The van der Waals surface area contributed by atoms with Crippen molar-refractivity contribution in [2.24, 2.45) is 22.7 Å². The van der Waals surface area contributed by atoms with Crippen LogP contribution in [0.2, 0.25) is 0 Å². The van der Waals surface area contributed by atoms with Crippen LogP contribution in [-0.4, -0.2) is 51.2 Å². The van der Waals surface area contributed by atoms with Gasteiger partial charge < -0.3 is 19.7 Å². The van der Waals surface area contributed by atoms with Gasteiger partial charge in [0.25, 0.3) is 0 Å². The highest BCUT2D eigenvalue weighted by Crippen LogP contribution is 2.72. The maximum atomic E-state index is 17.0. The van der Waals surface area contributed by atoms with Gasteiger partial charge in [-0.15, -0.1) is 0 Å². The van der Waals surface area contributed by atoms with Crippen molar-refractivity contribution < 1.29 is 33.7 Å². The van der Waals surface area contributed by atoms with E-state index in [2.05, 4.69) is 0 Å². The number of hydrogen-bond donors (Lipinski definition) is 2. The van der Waals surface area contributed by atoms with Crippen LogP contribution in [0.25, 0.3) is 0 Å². The van der Waals surface area contributed by atoms with Crippen molar-refractivity contribution in [2.75, 3.05) is 0 Å². The fraction of sp³-hybridized carbons (Fsp3) is 0.739. The fourth-order valence-electron chi connectivity index (χ4n) is 7.68. The molecular formula is C23H29FO6. The van der Waals surface area contributed by atoms with Crippen LogP contribution < -0.4 is 0 Å². The first-order valence-corrected chi connectivity index (χ1v) is 10.7. The summed E-state index contributed by atoms with van der Waals surface area (Å²) in [7, 11) is 0. The molecule has 3 saturated carbocycles. The highest BCUT2D eigenvalue weighted by atomic mass is 19.1. The SMILES string of the molecule is CC1(C)O[C@@H]2C[C@@H]3[C@H]4CCC5=CC(=O)C=C[C@]5(C)[C@@]4(F)[C@H](O)C[C@]3(C)[C@]2(C(=O)O)O1. The van der Waals surface area contributed by atoms with Crippen LogP contribution in [0.15, 0.2) is 23.8 Å². The molecule has 7 heteroatoms. The fourth-order valence-corrected chi connectivity index (χ4v) is 7.68. The summed E-state index contributed by atoms with van der Waals surface area (Å²) in [4.78, 5) is 24.5. The standard InChI is InChI=1S/C23H29FO6/c1-19(2)29-17-10-15-14-6-5-12-9-13(25)7-8-20(12,3)22(14,24)16(26)11-21(15,4)23(17,30-19)18(27)28/h7-9,14-17,26H,5-6,10-11H2,1-4H3,(H,27,28)/t14-,15-,16-,17-,20+,21+,22+,23+/m1/s1. The molecule has 0 amide bonds. The van der Waals surface area contributed by atoms with Crippen molar-refractivity contribution in [1.82, 2.24) is 0 Å². The smallest absolute Gasteiger partial charge is 0.339 e. The lowest BCUT2D eigenvalue weighted by Crippen LogP contribution is -2.69. The Morgan fingerprint density at radius 1 is 1.23 bits per heavy atom. The van der Waals surface area contributed by atoms with E-state index in [1.807, 2.05) is 6.92 Å². The van der Waals surface area contributed by atoms with E-state index < -0.39 is 52.0 Å². The van der Waals surface area contributed by atoms with Crippen molar-refractivity contribution in [3.8, 4) is 0 Å². The Hall–Kier alpha value is -1.57. The van der Waals surface area contributed by atoms with Crippen LogP contribution in [-0.2, 0) is 19.1 Å². The Morgan fingerprint density at radius 3 is 2.60 bits per heavy atom. The first kappa shape index (κ1) is 20.3. The van der Waals surface area contributed by atoms with E-state index in [4.69, 9.17) is 9.47 Å². The Morgan fingerprint density at radius 2 is 1.93 bits per heavy atom. The average molecular weight is 420 g/mol. The molecule has 0 aromatic rings. The molecule has 0 unspecified atom stereocenters. The molecule has 5 rings (SSSR count). The summed E-state index contributed by atoms with van der Waals surface area (Å²) in [5.41, 5.74) is -5.00. The number of allylic oxidation sites excluding steroid dienone is 4. The molecule has 0 radical (unpaired) electrons. The van der Waals surface area contributed by atoms with Crippen LogP contribution in [0.4, 0.5) is 4.39 Å². The van der Waals surface area contributed by atoms with Gasteiger partial charge in [-0.1, -0.05) is 18.6 Å². The minimum absolute atomic E-state index is 0.0441. The Balaban J connectivity index is 1.64. The number of carboxylic acids is 1. The van der Waals surface area contributed by atoms with Crippen molar-refractivity contribution in [3.63, 3.8) is 0 Å². The molecule has 1 saturated heterocycles. The predicted molar refractivity (Wildman–Crippen MR) is 104 cm³/mol. The Bertz CT molecular complexity index is 909. The molecule has 0 spiro atoms. The second-order valence-corrected chi connectivity index (χ2v) is 10.6. The van der Waals surface area contributed by atoms with E-state index in [0.717, 1.165) is 0 Å². The summed E-state index contributed by atoms with van der Waals surface area (Å²) in [5, 5.41) is 21.6. The maximum Gasteiger partial charge on any atom is 0.339 e. The Labute approximate surface area is 175 Å². The number of carbonyl (C=O) groups is 2. The number of ether oxygens (including phenoxy) is 2. The summed E-state index contributed by atoms with van der Waals surface area (Å²) in [6, 6.07) is 0. The molecule has 8 atom stereocenters. The lowest BCUT2D eigenvalue weighted by Gasteiger charge is -2.62. The third kappa shape index (κ3) is 2.04. The van der Waals surface area contributed by atoms with Crippen LogP contribution >= 0.6 is 0 Å². The number of ketones is 1. The predicted octanol–water partition coefficient (Wildman–Crippen LogP) is 2.94. The molecule has 1 aliphatic heterocycles. The molecule has 4 aliphatic carbocycles. The van der Waals surface area contributed by atoms with Crippen LogP contribution in [0, 0.1) is 22.7 Å². The van der Waals surface area contributed by atoms with Gasteiger partial charge in [0.05, 0.1) is 6.10 Å². The molecule has 0 aromatic heterocycles. The maximum absolute atomic E-state index is 17.0. The molecular weight excluding hydrogens is 391 g/mol.